The summed E-state index contributed by atoms with van der Waals surface area (Å²) < 4.78 is 5.49. The van der Waals surface area contributed by atoms with E-state index in [1.165, 1.54) is 5.56 Å². The summed E-state index contributed by atoms with van der Waals surface area (Å²) in [5.41, 5.74) is 2.86. The number of piperidine rings is 1. The Kier molecular flexibility index (Phi) is 6.19. The summed E-state index contributed by atoms with van der Waals surface area (Å²) >= 11 is 0. The van der Waals surface area contributed by atoms with Gasteiger partial charge in [0.05, 0.1) is 12.0 Å². The summed E-state index contributed by atoms with van der Waals surface area (Å²) in [6.07, 6.45) is 1.09. The molecular weight excluding hydrogens is 388 g/mol. The zero-order valence-electron chi connectivity index (χ0n) is 16.8. The van der Waals surface area contributed by atoms with Crippen LogP contribution in [0.4, 0.5) is 4.79 Å². The van der Waals surface area contributed by atoms with Crippen LogP contribution >= 0.6 is 0 Å². The first-order valence-corrected chi connectivity index (χ1v) is 10.5. The lowest BCUT2D eigenvalue weighted by Gasteiger charge is -2.38. The van der Waals surface area contributed by atoms with Crippen molar-refractivity contribution in [1.29, 1.82) is 0 Å². The standard InChI is InChI=1S/C21H28N4O5/c26-19(23-29)17-11-16(30-21(28)24-8-4-9-24)12-22-18(17)20(27)25-10-7-15(13-25)14-5-2-1-3-6-14/h1-3,5-6,15-18,22,29H,4,7-13H2,(H,23,26)/t15-,16?,17?,18?/m0/s1. The predicted octanol–water partition coefficient (Wildman–Crippen LogP) is 0.697. The Balaban J connectivity index is 1.39. The molecule has 9 nitrogen and oxygen atoms in total. The number of benzene rings is 1. The number of carbonyl (C=O) groups is 3. The number of rotatable bonds is 4. The molecule has 0 aromatic heterocycles. The fourth-order valence-corrected chi connectivity index (χ4v) is 4.46. The monoisotopic (exact) mass is 416 g/mol. The van der Waals surface area contributed by atoms with E-state index in [4.69, 9.17) is 4.74 Å². The lowest BCUT2D eigenvalue weighted by Crippen LogP contribution is -2.60. The molecule has 3 heterocycles. The molecular formula is C21H28N4O5. The first kappa shape index (κ1) is 20.6. The maximum Gasteiger partial charge on any atom is 0.410 e. The minimum Gasteiger partial charge on any atom is -0.445 e. The fraction of sp³-hybridized carbons (Fsp3) is 0.571. The van der Waals surface area contributed by atoms with Gasteiger partial charge in [-0.2, -0.15) is 0 Å². The summed E-state index contributed by atoms with van der Waals surface area (Å²) in [6, 6.07) is 9.33. The predicted molar refractivity (Wildman–Crippen MR) is 107 cm³/mol. The zero-order valence-corrected chi connectivity index (χ0v) is 16.8. The molecule has 162 valence electrons. The average Bonchev–Trinajstić information content (AvgIpc) is 3.22. The van der Waals surface area contributed by atoms with E-state index in [1.807, 2.05) is 18.2 Å². The van der Waals surface area contributed by atoms with Crippen LogP contribution in [0.15, 0.2) is 30.3 Å². The van der Waals surface area contributed by atoms with Crippen LogP contribution in [0, 0.1) is 5.92 Å². The molecule has 3 aliphatic rings. The molecule has 0 aliphatic carbocycles. The van der Waals surface area contributed by atoms with Crippen molar-refractivity contribution in [2.24, 2.45) is 5.92 Å². The smallest absolute Gasteiger partial charge is 0.410 e. The number of nitrogens with one attached hydrogen (secondary N) is 2. The van der Waals surface area contributed by atoms with Crippen molar-refractivity contribution >= 4 is 17.9 Å². The third kappa shape index (κ3) is 4.27. The summed E-state index contributed by atoms with van der Waals surface area (Å²) in [7, 11) is 0. The molecule has 3 fully saturated rings. The number of carbonyl (C=O) groups excluding carboxylic acids is 3. The quantitative estimate of drug-likeness (QED) is 0.492. The van der Waals surface area contributed by atoms with E-state index < -0.39 is 30.1 Å². The van der Waals surface area contributed by atoms with Gasteiger partial charge in [0.15, 0.2) is 0 Å². The molecule has 1 aromatic carbocycles. The lowest BCUT2D eigenvalue weighted by atomic mass is 9.87. The Morgan fingerprint density at radius 2 is 1.87 bits per heavy atom. The van der Waals surface area contributed by atoms with Crippen LogP contribution in [0.2, 0.25) is 0 Å². The number of nitrogens with zero attached hydrogens (tertiary/aromatic N) is 2. The minimum atomic E-state index is -0.818. The Hall–Kier alpha value is -2.65. The third-order valence-electron chi connectivity index (χ3n) is 6.35. The summed E-state index contributed by atoms with van der Waals surface area (Å²) in [5.74, 6) is -1.35. The molecule has 0 radical (unpaired) electrons. The largest absolute Gasteiger partial charge is 0.445 e. The second-order valence-electron chi connectivity index (χ2n) is 8.23. The van der Waals surface area contributed by atoms with Crippen molar-refractivity contribution in [3.63, 3.8) is 0 Å². The van der Waals surface area contributed by atoms with Crippen molar-refractivity contribution < 1.29 is 24.3 Å². The first-order chi connectivity index (χ1) is 14.6. The van der Waals surface area contributed by atoms with Gasteiger partial charge in [-0.15, -0.1) is 0 Å². The summed E-state index contributed by atoms with van der Waals surface area (Å²) in [4.78, 5) is 40.9. The van der Waals surface area contributed by atoms with E-state index in [0.29, 0.717) is 32.7 Å². The fourth-order valence-electron chi connectivity index (χ4n) is 4.46. The van der Waals surface area contributed by atoms with Crippen molar-refractivity contribution in [1.82, 2.24) is 20.6 Å². The van der Waals surface area contributed by atoms with E-state index in [1.54, 1.807) is 15.3 Å². The van der Waals surface area contributed by atoms with Gasteiger partial charge in [-0.3, -0.25) is 14.8 Å². The van der Waals surface area contributed by atoms with Crippen LogP contribution in [0.3, 0.4) is 0 Å². The maximum atomic E-state index is 13.2. The highest BCUT2D eigenvalue weighted by molar-refractivity contribution is 5.90. The molecule has 3 unspecified atom stereocenters. The van der Waals surface area contributed by atoms with Gasteiger partial charge in [0.2, 0.25) is 11.8 Å². The Labute approximate surface area is 175 Å². The maximum absolute atomic E-state index is 13.2. The van der Waals surface area contributed by atoms with Crippen LogP contribution in [0.1, 0.15) is 30.7 Å². The summed E-state index contributed by atoms with van der Waals surface area (Å²) in [5, 5.41) is 12.3. The molecule has 3 amide bonds. The molecule has 30 heavy (non-hydrogen) atoms. The van der Waals surface area contributed by atoms with Gasteiger partial charge in [-0.1, -0.05) is 30.3 Å². The molecule has 4 rings (SSSR count). The van der Waals surface area contributed by atoms with Crippen LogP contribution < -0.4 is 10.8 Å². The SMILES string of the molecule is O=C(NO)C1CC(OC(=O)N2CCC2)CNC1C(=O)N1CC[C@H](c2ccccc2)C1. The number of hydrogen-bond acceptors (Lipinski definition) is 6. The number of hydroxylamine groups is 1. The van der Waals surface area contributed by atoms with E-state index in [-0.39, 0.29) is 18.2 Å². The van der Waals surface area contributed by atoms with Crippen molar-refractivity contribution in [3.8, 4) is 0 Å². The van der Waals surface area contributed by atoms with Crippen LogP contribution in [0.5, 0.6) is 0 Å². The van der Waals surface area contributed by atoms with Crippen molar-refractivity contribution in [3.05, 3.63) is 35.9 Å². The van der Waals surface area contributed by atoms with Gasteiger partial charge in [0, 0.05) is 38.6 Å². The lowest BCUT2D eigenvalue weighted by molar-refractivity contribution is -0.145. The van der Waals surface area contributed by atoms with Crippen LogP contribution in [-0.4, -0.2) is 77.8 Å². The minimum absolute atomic E-state index is 0.158. The van der Waals surface area contributed by atoms with Crippen LogP contribution in [0.25, 0.3) is 0 Å². The van der Waals surface area contributed by atoms with Gasteiger partial charge in [0.25, 0.3) is 0 Å². The molecule has 3 aliphatic heterocycles. The highest BCUT2D eigenvalue weighted by atomic mass is 16.6. The molecule has 0 saturated carbocycles. The number of ether oxygens (including phenoxy) is 1. The molecule has 0 bridgehead atoms. The second-order valence-corrected chi connectivity index (χ2v) is 8.23. The second kappa shape index (κ2) is 9.01. The Morgan fingerprint density at radius 1 is 1.10 bits per heavy atom. The number of hydrogen-bond donors (Lipinski definition) is 3. The van der Waals surface area contributed by atoms with Gasteiger partial charge < -0.3 is 19.9 Å². The van der Waals surface area contributed by atoms with Gasteiger partial charge in [-0.25, -0.2) is 10.3 Å². The highest BCUT2D eigenvalue weighted by Crippen LogP contribution is 2.29. The van der Waals surface area contributed by atoms with Crippen molar-refractivity contribution in [2.75, 3.05) is 32.7 Å². The molecule has 3 N–H and O–H groups in total. The number of likely N-dealkylation sites (tertiary alicyclic amines) is 2. The van der Waals surface area contributed by atoms with E-state index >= 15 is 0 Å². The normalized spacial score (nSPS) is 28.6. The number of amides is 3. The van der Waals surface area contributed by atoms with E-state index in [0.717, 1.165) is 12.8 Å². The zero-order chi connectivity index (χ0) is 21.1. The molecule has 4 atom stereocenters. The molecule has 1 aromatic rings. The topological polar surface area (TPSA) is 111 Å². The first-order valence-electron chi connectivity index (χ1n) is 10.5. The molecule has 3 saturated heterocycles. The van der Waals surface area contributed by atoms with Gasteiger partial charge >= 0.3 is 6.09 Å². The van der Waals surface area contributed by atoms with E-state index in [2.05, 4.69) is 17.4 Å². The third-order valence-corrected chi connectivity index (χ3v) is 6.35. The van der Waals surface area contributed by atoms with Gasteiger partial charge in [0.1, 0.15) is 6.10 Å². The highest BCUT2D eigenvalue weighted by Gasteiger charge is 2.43. The Morgan fingerprint density at radius 3 is 2.53 bits per heavy atom. The van der Waals surface area contributed by atoms with Gasteiger partial charge in [-0.05, 0) is 24.8 Å². The molecule has 0 spiro atoms. The summed E-state index contributed by atoms with van der Waals surface area (Å²) in [6.45, 7) is 2.87. The Bertz CT molecular complexity index is 785. The molecule has 9 heteroatoms. The van der Waals surface area contributed by atoms with Crippen LogP contribution in [-0.2, 0) is 14.3 Å². The van der Waals surface area contributed by atoms with Crippen molar-refractivity contribution in [2.45, 2.75) is 37.3 Å². The van der Waals surface area contributed by atoms with E-state index in [9.17, 15) is 19.6 Å². The average molecular weight is 416 g/mol.